The first-order valence-electron chi connectivity index (χ1n) is 8.80. The van der Waals surface area contributed by atoms with Gasteiger partial charge in [0.1, 0.15) is 24.2 Å². The topological polar surface area (TPSA) is 75.3 Å². The third kappa shape index (κ3) is 4.77. The van der Waals surface area contributed by atoms with Gasteiger partial charge in [-0.2, -0.15) is 5.26 Å². The number of carbonyl (C=O) groups excluding carboxylic acids is 1. The van der Waals surface area contributed by atoms with Gasteiger partial charge in [0, 0.05) is 5.69 Å². The molecule has 1 amide bonds. The lowest BCUT2D eigenvalue weighted by molar-refractivity contribution is 0.0992. The maximum atomic E-state index is 12.3. The number of anilines is 1. The minimum Gasteiger partial charge on any atom is -0.484 e. The van der Waals surface area contributed by atoms with Gasteiger partial charge in [0.25, 0.3) is 5.91 Å². The van der Waals surface area contributed by atoms with Crippen LogP contribution in [0, 0.1) is 11.3 Å². The SMILES string of the molecule is CCCc1ccc(NC(=O)c2ccc(COc3ccccc3C#N)o2)cc1. The van der Waals surface area contributed by atoms with Crippen LogP contribution in [0.2, 0.25) is 0 Å². The van der Waals surface area contributed by atoms with E-state index in [9.17, 15) is 4.79 Å². The maximum Gasteiger partial charge on any atom is 0.291 e. The van der Waals surface area contributed by atoms with Gasteiger partial charge in [0.2, 0.25) is 0 Å². The molecule has 0 aliphatic carbocycles. The van der Waals surface area contributed by atoms with Crippen LogP contribution in [0.4, 0.5) is 5.69 Å². The van der Waals surface area contributed by atoms with Crippen molar-refractivity contribution < 1.29 is 13.9 Å². The van der Waals surface area contributed by atoms with Crippen molar-refractivity contribution in [3.63, 3.8) is 0 Å². The second-order valence-corrected chi connectivity index (χ2v) is 6.06. The van der Waals surface area contributed by atoms with Crippen LogP contribution < -0.4 is 10.1 Å². The molecule has 0 radical (unpaired) electrons. The Labute approximate surface area is 158 Å². The van der Waals surface area contributed by atoms with E-state index in [1.54, 1.807) is 36.4 Å². The molecule has 5 nitrogen and oxygen atoms in total. The number of furan rings is 1. The van der Waals surface area contributed by atoms with Crippen LogP contribution in [-0.2, 0) is 13.0 Å². The molecule has 27 heavy (non-hydrogen) atoms. The minimum absolute atomic E-state index is 0.137. The zero-order chi connectivity index (χ0) is 19.1. The van der Waals surface area contributed by atoms with Crippen molar-refractivity contribution in [1.29, 1.82) is 5.26 Å². The number of nitriles is 1. The Balaban J connectivity index is 1.59. The van der Waals surface area contributed by atoms with Gasteiger partial charge in [-0.15, -0.1) is 0 Å². The summed E-state index contributed by atoms with van der Waals surface area (Å²) in [5.41, 5.74) is 2.41. The number of para-hydroxylation sites is 1. The molecule has 1 N–H and O–H groups in total. The van der Waals surface area contributed by atoms with Gasteiger partial charge in [-0.1, -0.05) is 37.6 Å². The predicted molar refractivity (Wildman–Crippen MR) is 103 cm³/mol. The molecule has 136 valence electrons. The Kier molecular flexibility index (Phi) is 5.91. The lowest BCUT2D eigenvalue weighted by Gasteiger charge is -2.06. The van der Waals surface area contributed by atoms with Gasteiger partial charge in [-0.3, -0.25) is 4.79 Å². The molecule has 3 aromatic rings. The van der Waals surface area contributed by atoms with Crippen LogP contribution in [0.25, 0.3) is 0 Å². The van der Waals surface area contributed by atoms with Crippen LogP contribution >= 0.6 is 0 Å². The van der Waals surface area contributed by atoms with E-state index in [1.165, 1.54) is 5.56 Å². The molecular weight excluding hydrogens is 340 g/mol. The van der Waals surface area contributed by atoms with E-state index in [4.69, 9.17) is 14.4 Å². The number of amides is 1. The Hall–Kier alpha value is -3.52. The summed E-state index contributed by atoms with van der Waals surface area (Å²) in [6.45, 7) is 2.27. The fourth-order valence-corrected chi connectivity index (χ4v) is 2.65. The molecule has 1 aromatic heterocycles. The summed E-state index contributed by atoms with van der Waals surface area (Å²) in [4.78, 5) is 12.3. The minimum atomic E-state index is -0.318. The highest BCUT2D eigenvalue weighted by Gasteiger charge is 2.12. The molecule has 0 atom stereocenters. The number of hydrogen-bond acceptors (Lipinski definition) is 4. The van der Waals surface area contributed by atoms with Crippen molar-refractivity contribution in [3.05, 3.63) is 83.3 Å². The number of nitrogens with one attached hydrogen (secondary N) is 1. The van der Waals surface area contributed by atoms with Crippen molar-refractivity contribution in [1.82, 2.24) is 0 Å². The maximum absolute atomic E-state index is 12.3. The van der Waals surface area contributed by atoms with Crippen molar-refractivity contribution in [2.75, 3.05) is 5.32 Å². The molecule has 0 spiro atoms. The number of nitrogens with zero attached hydrogens (tertiary/aromatic N) is 1. The van der Waals surface area contributed by atoms with E-state index in [1.807, 2.05) is 24.3 Å². The highest BCUT2D eigenvalue weighted by Crippen LogP contribution is 2.19. The zero-order valence-electron chi connectivity index (χ0n) is 15.1. The molecule has 0 bridgehead atoms. The second kappa shape index (κ2) is 8.72. The average Bonchev–Trinajstić information content (AvgIpc) is 3.17. The van der Waals surface area contributed by atoms with Gasteiger partial charge in [-0.05, 0) is 48.4 Å². The molecule has 0 unspecified atom stereocenters. The molecule has 0 saturated heterocycles. The Bertz CT molecular complexity index is 952. The normalized spacial score (nSPS) is 10.2. The first-order valence-corrected chi connectivity index (χ1v) is 8.80. The van der Waals surface area contributed by atoms with E-state index in [2.05, 4.69) is 18.3 Å². The summed E-state index contributed by atoms with van der Waals surface area (Å²) < 4.78 is 11.2. The van der Waals surface area contributed by atoms with Crippen LogP contribution in [0.1, 0.15) is 40.8 Å². The standard InChI is InChI=1S/C22H20N2O3/c1-2-5-16-8-10-18(11-9-16)24-22(25)21-13-12-19(27-21)15-26-20-7-4-3-6-17(20)14-23/h3-4,6-13H,2,5,15H2,1H3,(H,24,25). The number of carbonyl (C=O) groups is 1. The third-order valence-electron chi connectivity index (χ3n) is 4.01. The fourth-order valence-electron chi connectivity index (χ4n) is 2.65. The summed E-state index contributed by atoms with van der Waals surface area (Å²) in [6.07, 6.45) is 2.10. The summed E-state index contributed by atoms with van der Waals surface area (Å²) in [6, 6.07) is 20.1. The first kappa shape index (κ1) is 18.3. The first-order chi connectivity index (χ1) is 13.2. The Morgan fingerprint density at radius 3 is 2.63 bits per heavy atom. The third-order valence-corrected chi connectivity index (χ3v) is 4.01. The molecule has 1 heterocycles. The van der Waals surface area contributed by atoms with E-state index in [-0.39, 0.29) is 18.3 Å². The molecule has 0 aliphatic rings. The smallest absolute Gasteiger partial charge is 0.291 e. The Morgan fingerprint density at radius 1 is 1.11 bits per heavy atom. The van der Waals surface area contributed by atoms with Crippen molar-refractivity contribution in [3.8, 4) is 11.8 Å². The summed E-state index contributed by atoms with van der Waals surface area (Å²) in [5.74, 6) is 0.877. The van der Waals surface area contributed by atoms with Gasteiger partial charge in [0.05, 0.1) is 5.56 Å². The molecule has 3 rings (SSSR count). The van der Waals surface area contributed by atoms with Crippen molar-refractivity contribution >= 4 is 11.6 Å². The Morgan fingerprint density at radius 2 is 1.89 bits per heavy atom. The number of aryl methyl sites for hydroxylation is 1. The van der Waals surface area contributed by atoms with Gasteiger partial charge < -0.3 is 14.5 Å². The van der Waals surface area contributed by atoms with Gasteiger partial charge in [-0.25, -0.2) is 0 Å². The van der Waals surface area contributed by atoms with Gasteiger partial charge in [0.15, 0.2) is 5.76 Å². The number of hydrogen-bond donors (Lipinski definition) is 1. The summed E-state index contributed by atoms with van der Waals surface area (Å²) in [7, 11) is 0. The lowest BCUT2D eigenvalue weighted by atomic mass is 10.1. The number of rotatable bonds is 7. The molecule has 0 aliphatic heterocycles. The van der Waals surface area contributed by atoms with E-state index < -0.39 is 0 Å². The summed E-state index contributed by atoms with van der Waals surface area (Å²) in [5, 5.41) is 11.9. The highest BCUT2D eigenvalue weighted by molar-refractivity contribution is 6.02. The molecule has 5 heteroatoms. The molecule has 0 fully saturated rings. The lowest BCUT2D eigenvalue weighted by Crippen LogP contribution is -2.10. The van der Waals surface area contributed by atoms with E-state index >= 15 is 0 Å². The highest BCUT2D eigenvalue weighted by atomic mass is 16.5. The van der Waals surface area contributed by atoms with Crippen molar-refractivity contribution in [2.24, 2.45) is 0 Å². The predicted octanol–water partition coefficient (Wildman–Crippen LogP) is 4.94. The molecule has 2 aromatic carbocycles. The van der Waals surface area contributed by atoms with Crippen LogP contribution in [0.5, 0.6) is 5.75 Å². The van der Waals surface area contributed by atoms with Crippen LogP contribution in [0.15, 0.2) is 65.1 Å². The quantitative estimate of drug-likeness (QED) is 0.648. The largest absolute Gasteiger partial charge is 0.484 e. The second-order valence-electron chi connectivity index (χ2n) is 6.06. The zero-order valence-corrected chi connectivity index (χ0v) is 15.1. The van der Waals surface area contributed by atoms with Gasteiger partial charge >= 0.3 is 0 Å². The summed E-state index contributed by atoms with van der Waals surface area (Å²) >= 11 is 0. The monoisotopic (exact) mass is 360 g/mol. The van der Waals surface area contributed by atoms with Crippen molar-refractivity contribution in [2.45, 2.75) is 26.4 Å². The van der Waals surface area contributed by atoms with E-state index in [0.717, 1.165) is 18.5 Å². The molecular formula is C22H20N2O3. The number of benzene rings is 2. The fraction of sp³-hybridized carbons (Fsp3) is 0.182. The van der Waals surface area contributed by atoms with Crippen LogP contribution in [-0.4, -0.2) is 5.91 Å². The molecule has 0 saturated carbocycles. The van der Waals surface area contributed by atoms with Crippen LogP contribution in [0.3, 0.4) is 0 Å². The number of ether oxygens (including phenoxy) is 1. The van der Waals surface area contributed by atoms with E-state index in [0.29, 0.717) is 17.1 Å². The average molecular weight is 360 g/mol.